The molecular formula is C16H22ClNO2S. The summed E-state index contributed by atoms with van der Waals surface area (Å²) in [6.45, 7) is 1.32. The van der Waals surface area contributed by atoms with Crippen LogP contribution in [0.25, 0.3) is 0 Å². The van der Waals surface area contributed by atoms with Gasteiger partial charge in [-0.1, -0.05) is 25.0 Å². The molecule has 5 heteroatoms. The predicted molar refractivity (Wildman–Crippen MR) is 84.9 cm³/mol. The van der Waals surface area contributed by atoms with Crippen molar-refractivity contribution in [1.29, 1.82) is 0 Å². The van der Waals surface area contributed by atoms with Crippen molar-refractivity contribution in [3.05, 3.63) is 29.8 Å². The Morgan fingerprint density at radius 1 is 1.10 bits per heavy atom. The van der Waals surface area contributed by atoms with Crippen LogP contribution in [0, 0.1) is 5.41 Å². The van der Waals surface area contributed by atoms with Crippen LogP contribution in [0.5, 0.6) is 0 Å². The first-order valence-corrected chi connectivity index (χ1v) is 9.68. The predicted octanol–water partition coefficient (Wildman–Crippen LogP) is 3.77. The molecule has 1 aliphatic carbocycles. The van der Waals surface area contributed by atoms with E-state index in [0.717, 1.165) is 18.4 Å². The van der Waals surface area contributed by atoms with Crippen LogP contribution in [-0.4, -0.2) is 25.8 Å². The molecule has 1 saturated carbocycles. The molecule has 0 atom stereocenters. The second-order valence-corrected chi connectivity index (χ2v) is 8.60. The smallest absolute Gasteiger partial charge is 0.207 e. The summed E-state index contributed by atoms with van der Waals surface area (Å²) < 4.78 is 27.1. The van der Waals surface area contributed by atoms with Crippen LogP contribution in [-0.2, 0) is 15.9 Å². The van der Waals surface area contributed by atoms with Crippen LogP contribution in [0.15, 0.2) is 29.2 Å². The van der Waals surface area contributed by atoms with Crippen LogP contribution in [0.1, 0.15) is 44.1 Å². The molecule has 3 rings (SSSR count). The summed E-state index contributed by atoms with van der Waals surface area (Å²) in [5.74, 6) is 0.340. The molecule has 0 radical (unpaired) electrons. The third-order valence-corrected chi connectivity index (χ3v) is 7.34. The maximum atomic E-state index is 12.7. The molecule has 1 aliphatic heterocycles. The topological polar surface area (TPSA) is 37.4 Å². The van der Waals surface area contributed by atoms with Crippen molar-refractivity contribution in [2.45, 2.75) is 49.3 Å². The van der Waals surface area contributed by atoms with E-state index in [2.05, 4.69) is 0 Å². The molecule has 2 aliphatic rings. The first-order chi connectivity index (χ1) is 10.1. The summed E-state index contributed by atoms with van der Waals surface area (Å²) in [5.41, 5.74) is 1.28. The molecule has 3 nitrogen and oxygen atoms in total. The van der Waals surface area contributed by atoms with Gasteiger partial charge < -0.3 is 0 Å². The summed E-state index contributed by atoms with van der Waals surface area (Å²) in [5, 5.41) is 0. The molecule has 1 aromatic carbocycles. The lowest BCUT2D eigenvalue weighted by atomic mass is 9.78. The maximum Gasteiger partial charge on any atom is 0.243 e. The van der Waals surface area contributed by atoms with Crippen LogP contribution >= 0.6 is 11.6 Å². The molecule has 2 fully saturated rings. The van der Waals surface area contributed by atoms with Gasteiger partial charge in [-0.05, 0) is 48.8 Å². The third kappa shape index (κ3) is 2.99. The first-order valence-electron chi connectivity index (χ1n) is 7.71. The van der Waals surface area contributed by atoms with Gasteiger partial charge in [-0.15, -0.1) is 11.6 Å². The number of halogens is 1. The molecular weight excluding hydrogens is 306 g/mol. The lowest BCUT2D eigenvalue weighted by Gasteiger charge is -2.38. The molecule has 21 heavy (non-hydrogen) atoms. The highest BCUT2D eigenvalue weighted by atomic mass is 35.5. The van der Waals surface area contributed by atoms with Crippen LogP contribution < -0.4 is 0 Å². The summed E-state index contributed by atoms with van der Waals surface area (Å²) in [6, 6.07) is 7.00. The van der Waals surface area contributed by atoms with E-state index in [-0.39, 0.29) is 0 Å². The van der Waals surface area contributed by atoms with Crippen molar-refractivity contribution in [3.8, 4) is 0 Å². The molecule has 0 aromatic heterocycles. The minimum Gasteiger partial charge on any atom is -0.207 e. The average molecular weight is 328 g/mol. The van der Waals surface area contributed by atoms with Gasteiger partial charge in [0.25, 0.3) is 0 Å². The van der Waals surface area contributed by atoms with Crippen LogP contribution in [0.4, 0.5) is 0 Å². The Kier molecular flexibility index (Phi) is 4.30. The van der Waals surface area contributed by atoms with E-state index >= 15 is 0 Å². The molecule has 0 bridgehead atoms. The van der Waals surface area contributed by atoms with Crippen molar-refractivity contribution in [1.82, 2.24) is 4.31 Å². The third-order valence-electron chi connectivity index (χ3n) is 5.14. The number of hydrogen-bond donors (Lipinski definition) is 0. The number of piperidine rings is 1. The molecule has 1 heterocycles. The van der Waals surface area contributed by atoms with Gasteiger partial charge in [0.05, 0.1) is 4.90 Å². The van der Waals surface area contributed by atoms with Crippen molar-refractivity contribution < 1.29 is 8.42 Å². The second kappa shape index (κ2) is 5.90. The van der Waals surface area contributed by atoms with Gasteiger partial charge in [0.1, 0.15) is 0 Å². The number of hydrogen-bond acceptors (Lipinski definition) is 2. The monoisotopic (exact) mass is 327 g/mol. The first kappa shape index (κ1) is 15.3. The van der Waals surface area contributed by atoms with Gasteiger partial charge in [-0.2, -0.15) is 4.31 Å². The van der Waals surface area contributed by atoms with E-state index < -0.39 is 10.0 Å². The maximum absolute atomic E-state index is 12.7. The zero-order chi connectivity index (χ0) is 14.9. The highest BCUT2D eigenvalue weighted by molar-refractivity contribution is 7.89. The highest BCUT2D eigenvalue weighted by Gasteiger charge is 2.40. The normalized spacial score (nSPS) is 22.7. The van der Waals surface area contributed by atoms with Gasteiger partial charge in [0.15, 0.2) is 0 Å². The van der Waals surface area contributed by atoms with Gasteiger partial charge in [0, 0.05) is 19.0 Å². The molecule has 1 aromatic rings. The van der Waals surface area contributed by atoms with E-state index in [4.69, 9.17) is 11.6 Å². The Labute approximate surface area is 132 Å². The number of rotatable bonds is 3. The van der Waals surface area contributed by atoms with E-state index in [9.17, 15) is 8.42 Å². The molecule has 0 N–H and O–H groups in total. The Morgan fingerprint density at radius 2 is 1.76 bits per heavy atom. The average Bonchev–Trinajstić information content (AvgIpc) is 2.96. The second-order valence-electron chi connectivity index (χ2n) is 6.39. The zero-order valence-corrected chi connectivity index (χ0v) is 13.8. The minimum absolute atomic E-state index is 0.340. The van der Waals surface area contributed by atoms with Gasteiger partial charge >= 0.3 is 0 Å². The van der Waals surface area contributed by atoms with Gasteiger partial charge in [-0.3, -0.25) is 0 Å². The standard InChI is InChI=1S/C16H22ClNO2S/c17-13-14-4-3-5-15(12-14)21(19,20)18-10-8-16(9-11-18)6-1-2-7-16/h3-5,12H,1-2,6-11,13H2. The quantitative estimate of drug-likeness (QED) is 0.792. The van der Waals surface area contributed by atoms with Crippen LogP contribution in [0.3, 0.4) is 0 Å². The molecule has 0 amide bonds. The molecule has 1 spiro atoms. The Bertz CT molecular complexity index is 598. The number of alkyl halides is 1. The highest BCUT2D eigenvalue weighted by Crippen LogP contribution is 2.46. The lowest BCUT2D eigenvalue weighted by molar-refractivity contribution is 0.160. The van der Waals surface area contributed by atoms with Crippen molar-refractivity contribution in [2.24, 2.45) is 5.41 Å². The molecule has 1 saturated heterocycles. The molecule has 116 valence electrons. The summed E-state index contributed by atoms with van der Waals surface area (Å²) in [4.78, 5) is 0.378. The van der Waals surface area contributed by atoms with Gasteiger partial charge in [-0.25, -0.2) is 8.42 Å². The summed E-state index contributed by atoms with van der Waals surface area (Å²) in [7, 11) is -3.37. The lowest BCUT2D eigenvalue weighted by Crippen LogP contribution is -2.42. The Morgan fingerprint density at radius 3 is 2.38 bits per heavy atom. The van der Waals surface area contributed by atoms with Crippen molar-refractivity contribution >= 4 is 21.6 Å². The molecule has 0 unspecified atom stereocenters. The van der Waals surface area contributed by atoms with E-state index in [1.54, 1.807) is 22.5 Å². The van der Waals surface area contributed by atoms with E-state index in [0.29, 0.717) is 29.3 Å². The zero-order valence-electron chi connectivity index (χ0n) is 12.2. The van der Waals surface area contributed by atoms with Crippen molar-refractivity contribution in [2.75, 3.05) is 13.1 Å². The number of sulfonamides is 1. The Balaban J connectivity index is 1.76. The fourth-order valence-corrected chi connectivity index (χ4v) is 5.44. The van der Waals surface area contributed by atoms with E-state index in [1.807, 2.05) is 6.07 Å². The fraction of sp³-hybridized carbons (Fsp3) is 0.625. The van der Waals surface area contributed by atoms with Gasteiger partial charge in [0.2, 0.25) is 10.0 Å². The SMILES string of the molecule is O=S(=O)(c1cccc(CCl)c1)N1CCC2(CCCC2)CC1. The minimum atomic E-state index is -3.37. The number of nitrogens with zero attached hydrogens (tertiary/aromatic N) is 1. The number of benzene rings is 1. The Hall–Kier alpha value is -0.580. The van der Waals surface area contributed by atoms with Crippen molar-refractivity contribution in [3.63, 3.8) is 0 Å². The fourth-order valence-electron chi connectivity index (χ4n) is 3.76. The largest absolute Gasteiger partial charge is 0.243 e. The summed E-state index contributed by atoms with van der Waals surface area (Å²) >= 11 is 5.81. The summed E-state index contributed by atoms with van der Waals surface area (Å²) in [6.07, 6.45) is 7.21. The van der Waals surface area contributed by atoms with Crippen LogP contribution in [0.2, 0.25) is 0 Å². The van der Waals surface area contributed by atoms with E-state index in [1.165, 1.54) is 25.7 Å².